The Balaban J connectivity index is 1.39. The lowest BCUT2D eigenvalue weighted by Crippen LogP contribution is -2.53. The molecule has 39 heavy (non-hydrogen) atoms. The van der Waals surface area contributed by atoms with Crippen molar-refractivity contribution < 1.29 is 19.5 Å². The summed E-state index contributed by atoms with van der Waals surface area (Å²) >= 11 is 7.66. The molecule has 7 nitrogen and oxygen atoms in total. The van der Waals surface area contributed by atoms with Crippen molar-refractivity contribution in [3.63, 3.8) is 0 Å². The van der Waals surface area contributed by atoms with E-state index in [1.807, 2.05) is 59.5 Å². The normalized spacial score (nSPS) is 29.8. The van der Waals surface area contributed by atoms with Crippen molar-refractivity contribution in [1.82, 2.24) is 9.80 Å². The largest absolute Gasteiger partial charge is 0.396 e. The third kappa shape index (κ3) is 4.39. The maximum absolute atomic E-state index is 14.3. The van der Waals surface area contributed by atoms with Gasteiger partial charge in [-0.05, 0) is 36.2 Å². The maximum atomic E-state index is 14.3. The number of hydrogen-bond donors (Lipinski definition) is 1. The van der Waals surface area contributed by atoms with Crippen molar-refractivity contribution in [2.45, 2.75) is 29.0 Å². The van der Waals surface area contributed by atoms with E-state index in [4.69, 9.17) is 11.6 Å². The SMILES string of the molecule is O=C1[C@@H]2[C@H]3C(=O)N(CCCO)C4C(=O)N(c5ccc(Cl)cc5)CC=C[C@@]43S[C@@H]2C=CCN1Cc1ccccc1. The fourth-order valence-corrected chi connectivity index (χ4v) is 8.60. The third-order valence-corrected chi connectivity index (χ3v) is 10.1. The van der Waals surface area contributed by atoms with Gasteiger partial charge in [0.1, 0.15) is 6.04 Å². The predicted octanol–water partition coefficient (Wildman–Crippen LogP) is 3.52. The first kappa shape index (κ1) is 26.2. The fraction of sp³-hybridized carbons (Fsp3) is 0.367. The Morgan fingerprint density at radius 1 is 0.949 bits per heavy atom. The Morgan fingerprint density at radius 2 is 1.72 bits per heavy atom. The summed E-state index contributed by atoms with van der Waals surface area (Å²) < 4.78 is -0.879. The van der Waals surface area contributed by atoms with Crippen LogP contribution in [0.4, 0.5) is 5.69 Å². The number of aliphatic hydroxyl groups excluding tert-OH is 1. The molecular weight excluding hydrogens is 534 g/mol. The zero-order valence-electron chi connectivity index (χ0n) is 21.4. The molecule has 3 amide bonds. The quantitative estimate of drug-likeness (QED) is 0.544. The number of hydrogen-bond acceptors (Lipinski definition) is 5. The highest BCUT2D eigenvalue weighted by atomic mass is 35.5. The molecule has 0 saturated carbocycles. The third-order valence-electron chi connectivity index (χ3n) is 8.15. The number of carbonyl (C=O) groups excluding carboxylic acids is 3. The molecule has 2 saturated heterocycles. The van der Waals surface area contributed by atoms with Gasteiger partial charge in [0.15, 0.2) is 0 Å². The van der Waals surface area contributed by atoms with Crippen LogP contribution in [-0.4, -0.2) is 74.9 Å². The zero-order valence-corrected chi connectivity index (χ0v) is 22.9. The summed E-state index contributed by atoms with van der Waals surface area (Å²) in [6.07, 6.45) is 8.39. The van der Waals surface area contributed by atoms with Crippen LogP contribution in [0.2, 0.25) is 5.02 Å². The number of nitrogens with zero attached hydrogens (tertiary/aromatic N) is 3. The second kappa shape index (κ2) is 10.5. The van der Waals surface area contributed by atoms with Gasteiger partial charge in [-0.1, -0.05) is 66.2 Å². The highest BCUT2D eigenvalue weighted by Crippen LogP contribution is 2.61. The molecular formula is C30H30ClN3O4S. The van der Waals surface area contributed by atoms with E-state index in [0.29, 0.717) is 36.8 Å². The summed E-state index contributed by atoms with van der Waals surface area (Å²) in [6.45, 7) is 1.45. The minimum absolute atomic E-state index is 0.0565. The first-order valence-corrected chi connectivity index (χ1v) is 14.5. The van der Waals surface area contributed by atoms with Crippen LogP contribution in [0.15, 0.2) is 78.9 Å². The molecule has 0 radical (unpaired) electrons. The minimum atomic E-state index is -0.879. The molecule has 4 aliphatic heterocycles. The van der Waals surface area contributed by atoms with Gasteiger partial charge in [-0.15, -0.1) is 11.8 Å². The van der Waals surface area contributed by atoms with Crippen LogP contribution < -0.4 is 4.90 Å². The monoisotopic (exact) mass is 563 g/mol. The van der Waals surface area contributed by atoms with Gasteiger partial charge in [-0.25, -0.2) is 0 Å². The maximum Gasteiger partial charge on any atom is 0.251 e. The van der Waals surface area contributed by atoms with Crippen LogP contribution >= 0.6 is 23.4 Å². The summed E-state index contributed by atoms with van der Waals surface area (Å²) in [6, 6.07) is 16.2. The van der Waals surface area contributed by atoms with Crippen LogP contribution in [0.5, 0.6) is 0 Å². The van der Waals surface area contributed by atoms with E-state index >= 15 is 0 Å². The van der Waals surface area contributed by atoms with Crippen molar-refractivity contribution in [2.75, 3.05) is 31.1 Å². The van der Waals surface area contributed by atoms with E-state index in [-0.39, 0.29) is 36.1 Å². The molecule has 9 heteroatoms. The van der Waals surface area contributed by atoms with Crippen LogP contribution in [-0.2, 0) is 20.9 Å². The first-order valence-electron chi connectivity index (χ1n) is 13.3. The molecule has 1 unspecified atom stereocenters. The Morgan fingerprint density at radius 3 is 2.46 bits per heavy atom. The number of thioether (sulfide) groups is 1. The molecule has 4 aliphatic rings. The average molecular weight is 564 g/mol. The Bertz CT molecular complexity index is 1330. The minimum Gasteiger partial charge on any atom is -0.396 e. The van der Waals surface area contributed by atoms with E-state index in [9.17, 15) is 19.5 Å². The lowest BCUT2D eigenvalue weighted by Gasteiger charge is -2.35. The molecule has 2 aromatic carbocycles. The standard InChI is InChI=1S/C30H30ClN3O4S/c31-21-10-12-22(13-11-21)33-16-5-14-30-25(28(37)34(17-6-18-35)26(30)29(33)38)24-23(39-30)9-4-15-32(27(24)36)19-20-7-2-1-3-8-20/h1-5,7-14,23-26,35H,6,15-19H2/t23-,24+,25+,26?,30+/m1/s1. The van der Waals surface area contributed by atoms with Crippen LogP contribution in [0, 0.1) is 11.8 Å². The molecule has 202 valence electrons. The van der Waals surface area contributed by atoms with Gasteiger partial charge in [0.2, 0.25) is 11.8 Å². The second-order valence-corrected chi connectivity index (χ2v) is 12.3. The summed E-state index contributed by atoms with van der Waals surface area (Å²) in [4.78, 5) is 47.7. The number of rotatable bonds is 6. The first-order chi connectivity index (χ1) is 18.9. The second-order valence-electron chi connectivity index (χ2n) is 10.4. The molecule has 0 aromatic heterocycles. The van der Waals surface area contributed by atoms with Crippen molar-refractivity contribution in [2.24, 2.45) is 11.8 Å². The molecule has 6 rings (SSSR count). The Kier molecular flexibility index (Phi) is 7.04. The van der Waals surface area contributed by atoms with Crippen molar-refractivity contribution in [1.29, 1.82) is 0 Å². The number of carbonyl (C=O) groups is 3. The van der Waals surface area contributed by atoms with Gasteiger partial charge in [-0.3, -0.25) is 14.4 Å². The number of amides is 3. The van der Waals surface area contributed by atoms with E-state index < -0.39 is 22.6 Å². The summed E-state index contributed by atoms with van der Waals surface area (Å²) in [5.74, 6) is -1.68. The topological polar surface area (TPSA) is 81.2 Å². The lowest BCUT2D eigenvalue weighted by molar-refractivity contribution is -0.143. The molecule has 5 atom stereocenters. The summed E-state index contributed by atoms with van der Waals surface area (Å²) in [5.41, 5.74) is 1.73. The number of anilines is 1. The molecule has 1 N–H and O–H groups in total. The van der Waals surface area contributed by atoms with Gasteiger partial charge in [0.05, 0.1) is 16.6 Å². The van der Waals surface area contributed by atoms with Crippen molar-refractivity contribution >= 4 is 46.8 Å². The van der Waals surface area contributed by atoms with Crippen LogP contribution in [0.3, 0.4) is 0 Å². The number of likely N-dealkylation sites (tertiary alicyclic amines) is 1. The molecule has 2 fully saturated rings. The highest BCUT2D eigenvalue weighted by molar-refractivity contribution is 8.02. The number of aliphatic hydroxyl groups is 1. The molecule has 1 spiro atoms. The summed E-state index contributed by atoms with van der Waals surface area (Å²) in [5, 5.41) is 9.96. The molecule has 2 aromatic rings. The van der Waals surface area contributed by atoms with Crippen molar-refractivity contribution in [3.05, 3.63) is 89.5 Å². The number of fused-ring (bicyclic) bond motifs is 2. The van der Waals surface area contributed by atoms with Crippen LogP contribution in [0.25, 0.3) is 0 Å². The van der Waals surface area contributed by atoms with Crippen LogP contribution in [0.1, 0.15) is 12.0 Å². The molecule has 0 bridgehead atoms. The van der Waals surface area contributed by atoms with E-state index in [2.05, 4.69) is 0 Å². The van der Waals surface area contributed by atoms with Gasteiger partial charge in [0.25, 0.3) is 5.91 Å². The lowest BCUT2D eigenvalue weighted by atomic mass is 9.78. The molecule has 0 aliphatic carbocycles. The average Bonchev–Trinajstić information content (AvgIpc) is 3.26. The zero-order chi connectivity index (χ0) is 27.1. The summed E-state index contributed by atoms with van der Waals surface area (Å²) in [7, 11) is 0. The Labute approximate surface area is 237 Å². The van der Waals surface area contributed by atoms with Crippen molar-refractivity contribution in [3.8, 4) is 0 Å². The number of halogens is 1. The smallest absolute Gasteiger partial charge is 0.251 e. The van der Waals surface area contributed by atoms with Gasteiger partial charge in [-0.2, -0.15) is 0 Å². The Hall–Kier alpha value is -3.07. The highest BCUT2D eigenvalue weighted by Gasteiger charge is 2.70. The predicted molar refractivity (Wildman–Crippen MR) is 152 cm³/mol. The van der Waals surface area contributed by atoms with Gasteiger partial charge >= 0.3 is 0 Å². The van der Waals surface area contributed by atoms with Gasteiger partial charge in [0, 0.05) is 48.7 Å². The van der Waals surface area contributed by atoms with E-state index in [0.717, 1.165) is 5.56 Å². The molecule has 4 heterocycles. The fourth-order valence-electron chi connectivity index (χ4n) is 6.47. The number of benzene rings is 2. The van der Waals surface area contributed by atoms with E-state index in [1.54, 1.807) is 45.8 Å². The van der Waals surface area contributed by atoms with Gasteiger partial charge < -0.3 is 19.8 Å². The van der Waals surface area contributed by atoms with E-state index in [1.165, 1.54) is 0 Å².